The van der Waals surface area contributed by atoms with Gasteiger partial charge in [-0.15, -0.1) is 0 Å². The number of aromatic nitrogens is 1. The summed E-state index contributed by atoms with van der Waals surface area (Å²) in [7, 11) is 0. The molecule has 0 fully saturated rings. The molecule has 3 heteroatoms. The standard InChI is InChI=1S/C60H40N2O/c1-2-13-48(14-3-1)61(50-38-34-44(35-39-50)42-28-30-46(31-29-42)52-19-11-23-59-60(52)55-18-6-9-22-58(55)63-59)49-36-32-43(33-37-49)41-24-26-45(27-25-41)47-12-10-15-51(40-47)62-56-20-7-4-16-53(56)54-17-5-8-21-57(54)62/h1-40H. The molecular weight excluding hydrogens is 765 g/mol. The van der Waals surface area contributed by atoms with E-state index < -0.39 is 0 Å². The average molecular weight is 805 g/mol. The topological polar surface area (TPSA) is 21.3 Å². The van der Waals surface area contributed by atoms with Gasteiger partial charge in [-0.05, 0) is 117 Å². The van der Waals surface area contributed by atoms with Crippen LogP contribution in [0.3, 0.4) is 0 Å². The summed E-state index contributed by atoms with van der Waals surface area (Å²) in [5.74, 6) is 0. The monoisotopic (exact) mass is 804 g/mol. The first-order valence-corrected chi connectivity index (χ1v) is 21.5. The highest BCUT2D eigenvalue weighted by Gasteiger charge is 2.16. The number of furan rings is 1. The van der Waals surface area contributed by atoms with E-state index in [1.807, 2.05) is 12.1 Å². The first kappa shape index (κ1) is 36.5. The van der Waals surface area contributed by atoms with E-state index in [1.165, 1.54) is 66.3 Å². The Balaban J connectivity index is 0.805. The predicted octanol–water partition coefficient (Wildman–Crippen LogP) is 16.8. The molecule has 0 bridgehead atoms. The molecule has 0 aliphatic heterocycles. The van der Waals surface area contributed by atoms with Crippen molar-refractivity contribution in [2.45, 2.75) is 0 Å². The number of anilines is 3. The molecule has 12 aromatic rings. The third-order valence-electron chi connectivity index (χ3n) is 12.4. The Labute approximate surface area is 366 Å². The van der Waals surface area contributed by atoms with Gasteiger partial charge in [-0.3, -0.25) is 0 Å². The summed E-state index contributed by atoms with van der Waals surface area (Å²) in [5, 5.41) is 4.84. The molecule has 2 heterocycles. The van der Waals surface area contributed by atoms with Gasteiger partial charge in [-0.25, -0.2) is 0 Å². The van der Waals surface area contributed by atoms with Gasteiger partial charge in [0.2, 0.25) is 0 Å². The number of para-hydroxylation sites is 4. The van der Waals surface area contributed by atoms with Crippen molar-refractivity contribution in [3.63, 3.8) is 0 Å². The Kier molecular flexibility index (Phi) is 8.83. The number of hydrogen-bond donors (Lipinski definition) is 0. The van der Waals surface area contributed by atoms with Gasteiger partial charge in [0.15, 0.2) is 0 Å². The van der Waals surface area contributed by atoms with Crippen LogP contribution in [0.15, 0.2) is 247 Å². The third-order valence-corrected chi connectivity index (χ3v) is 12.4. The lowest BCUT2D eigenvalue weighted by atomic mass is 9.97. The Hall–Kier alpha value is -8.40. The van der Waals surface area contributed by atoms with Crippen LogP contribution >= 0.6 is 0 Å². The van der Waals surface area contributed by atoms with Crippen LogP contribution in [0.25, 0.3) is 93.9 Å². The zero-order chi connectivity index (χ0) is 41.7. The molecule has 2 aromatic heterocycles. The zero-order valence-electron chi connectivity index (χ0n) is 34.4. The van der Waals surface area contributed by atoms with E-state index in [0.717, 1.165) is 44.7 Å². The zero-order valence-corrected chi connectivity index (χ0v) is 34.4. The van der Waals surface area contributed by atoms with Crippen molar-refractivity contribution in [1.82, 2.24) is 4.57 Å². The number of rotatable bonds is 8. The summed E-state index contributed by atoms with van der Waals surface area (Å²) >= 11 is 0. The van der Waals surface area contributed by atoms with E-state index in [0.29, 0.717) is 0 Å². The SMILES string of the molecule is c1ccc(N(c2ccc(-c3ccc(-c4cccc(-n5c6ccccc6c6ccccc65)c4)cc3)cc2)c2ccc(-c3ccc(-c4cccc5oc6ccccc6c45)cc3)cc2)cc1. The molecular formula is C60H40N2O. The van der Waals surface area contributed by atoms with Gasteiger partial charge < -0.3 is 13.9 Å². The fourth-order valence-electron chi connectivity index (χ4n) is 9.37. The van der Waals surface area contributed by atoms with Crippen LogP contribution in [0.5, 0.6) is 0 Å². The molecule has 3 nitrogen and oxygen atoms in total. The van der Waals surface area contributed by atoms with Gasteiger partial charge in [0.1, 0.15) is 11.2 Å². The van der Waals surface area contributed by atoms with E-state index in [2.05, 4.69) is 240 Å². The van der Waals surface area contributed by atoms with Gasteiger partial charge >= 0.3 is 0 Å². The maximum atomic E-state index is 6.17. The van der Waals surface area contributed by atoms with E-state index in [9.17, 15) is 0 Å². The van der Waals surface area contributed by atoms with Crippen molar-refractivity contribution in [3.05, 3.63) is 243 Å². The predicted molar refractivity (Wildman–Crippen MR) is 264 cm³/mol. The number of benzene rings is 10. The fraction of sp³-hybridized carbons (Fsp3) is 0. The molecule has 0 amide bonds. The Bertz CT molecular complexity index is 3530. The van der Waals surface area contributed by atoms with Crippen LogP contribution < -0.4 is 4.90 Å². The third kappa shape index (κ3) is 6.46. The second kappa shape index (κ2) is 15.3. The summed E-state index contributed by atoms with van der Waals surface area (Å²) in [6, 6.07) is 87.0. The van der Waals surface area contributed by atoms with Crippen LogP contribution in [-0.4, -0.2) is 4.57 Å². The first-order chi connectivity index (χ1) is 31.2. The number of nitrogens with zero attached hydrogens (tertiary/aromatic N) is 2. The lowest BCUT2D eigenvalue weighted by molar-refractivity contribution is 0.669. The summed E-state index contributed by atoms with van der Waals surface area (Å²) in [6.07, 6.45) is 0. The molecule has 296 valence electrons. The highest BCUT2D eigenvalue weighted by molar-refractivity contribution is 6.12. The molecule has 0 spiro atoms. The van der Waals surface area contributed by atoms with Crippen molar-refractivity contribution in [2.75, 3.05) is 4.90 Å². The highest BCUT2D eigenvalue weighted by atomic mass is 16.3. The second-order valence-electron chi connectivity index (χ2n) is 16.1. The van der Waals surface area contributed by atoms with Crippen molar-refractivity contribution in [1.29, 1.82) is 0 Å². The molecule has 0 unspecified atom stereocenters. The molecule has 0 saturated heterocycles. The van der Waals surface area contributed by atoms with Crippen molar-refractivity contribution in [3.8, 4) is 50.2 Å². The second-order valence-corrected chi connectivity index (χ2v) is 16.1. The molecule has 0 radical (unpaired) electrons. The van der Waals surface area contributed by atoms with Gasteiger partial charge in [-0.2, -0.15) is 0 Å². The van der Waals surface area contributed by atoms with E-state index in [4.69, 9.17) is 4.42 Å². The molecule has 0 saturated carbocycles. The van der Waals surface area contributed by atoms with Crippen LogP contribution in [0.2, 0.25) is 0 Å². The van der Waals surface area contributed by atoms with E-state index in [1.54, 1.807) is 0 Å². The normalized spacial score (nSPS) is 11.5. The van der Waals surface area contributed by atoms with Gasteiger partial charge in [0.25, 0.3) is 0 Å². The van der Waals surface area contributed by atoms with Gasteiger partial charge in [0.05, 0.1) is 11.0 Å². The molecule has 10 aromatic carbocycles. The van der Waals surface area contributed by atoms with Crippen molar-refractivity contribution < 1.29 is 4.42 Å². The first-order valence-electron chi connectivity index (χ1n) is 21.5. The minimum atomic E-state index is 0.912. The minimum Gasteiger partial charge on any atom is -0.456 e. The van der Waals surface area contributed by atoms with Crippen molar-refractivity contribution >= 4 is 60.8 Å². The quantitative estimate of drug-likeness (QED) is 0.153. The minimum absolute atomic E-state index is 0.912. The lowest BCUT2D eigenvalue weighted by Crippen LogP contribution is -2.09. The largest absolute Gasteiger partial charge is 0.456 e. The molecule has 63 heavy (non-hydrogen) atoms. The molecule has 0 aliphatic rings. The molecule has 12 rings (SSSR count). The average Bonchev–Trinajstić information content (AvgIpc) is 3.91. The Morgan fingerprint density at radius 1 is 0.302 bits per heavy atom. The lowest BCUT2D eigenvalue weighted by Gasteiger charge is -2.26. The maximum absolute atomic E-state index is 6.17. The van der Waals surface area contributed by atoms with Crippen LogP contribution in [0.4, 0.5) is 17.1 Å². The van der Waals surface area contributed by atoms with E-state index in [-0.39, 0.29) is 0 Å². The van der Waals surface area contributed by atoms with Crippen molar-refractivity contribution in [2.24, 2.45) is 0 Å². The van der Waals surface area contributed by atoms with Crippen LogP contribution in [0, 0.1) is 0 Å². The Morgan fingerprint density at radius 3 is 1.35 bits per heavy atom. The molecule has 0 atom stereocenters. The van der Waals surface area contributed by atoms with Crippen LogP contribution in [-0.2, 0) is 0 Å². The number of hydrogen-bond acceptors (Lipinski definition) is 2. The van der Waals surface area contributed by atoms with Gasteiger partial charge in [0, 0.05) is 44.3 Å². The molecule has 0 N–H and O–H groups in total. The maximum Gasteiger partial charge on any atom is 0.136 e. The summed E-state index contributed by atoms with van der Waals surface area (Å²) in [5.41, 5.74) is 18.1. The Morgan fingerprint density at radius 2 is 0.746 bits per heavy atom. The highest BCUT2D eigenvalue weighted by Crippen LogP contribution is 2.40. The summed E-state index contributed by atoms with van der Waals surface area (Å²) in [4.78, 5) is 2.32. The van der Waals surface area contributed by atoms with Gasteiger partial charge in [-0.1, -0.05) is 170 Å². The summed E-state index contributed by atoms with van der Waals surface area (Å²) in [6.45, 7) is 0. The fourth-order valence-corrected chi connectivity index (χ4v) is 9.37. The van der Waals surface area contributed by atoms with Crippen LogP contribution in [0.1, 0.15) is 0 Å². The summed E-state index contributed by atoms with van der Waals surface area (Å²) < 4.78 is 8.55. The smallest absolute Gasteiger partial charge is 0.136 e. The molecule has 0 aliphatic carbocycles. The number of fused-ring (bicyclic) bond motifs is 6. The van der Waals surface area contributed by atoms with E-state index >= 15 is 0 Å².